The van der Waals surface area contributed by atoms with Crippen molar-refractivity contribution in [1.82, 2.24) is 10.2 Å². The van der Waals surface area contributed by atoms with E-state index in [0.29, 0.717) is 13.2 Å². The molecule has 0 saturated carbocycles. The first-order valence-corrected chi connectivity index (χ1v) is 8.16. The van der Waals surface area contributed by atoms with Crippen LogP contribution in [0.3, 0.4) is 0 Å². The van der Waals surface area contributed by atoms with Gasteiger partial charge in [-0.3, -0.25) is 0 Å². The van der Waals surface area contributed by atoms with Crippen molar-refractivity contribution in [3.05, 3.63) is 12.2 Å². The Bertz CT molecular complexity index is 404. The summed E-state index contributed by atoms with van der Waals surface area (Å²) in [6.07, 6.45) is 9.49. The van der Waals surface area contributed by atoms with Crippen LogP contribution in [0.4, 0.5) is 4.79 Å². The van der Waals surface area contributed by atoms with Gasteiger partial charge in [-0.2, -0.15) is 0 Å². The summed E-state index contributed by atoms with van der Waals surface area (Å²) in [6.45, 7) is 4.89. The van der Waals surface area contributed by atoms with Crippen LogP contribution in [-0.4, -0.2) is 49.1 Å². The Morgan fingerprint density at radius 3 is 2.81 bits per heavy atom. The maximum absolute atomic E-state index is 12.4. The Morgan fingerprint density at radius 2 is 2.10 bits per heavy atom. The average Bonchev–Trinajstić information content (AvgIpc) is 2.97. The summed E-state index contributed by atoms with van der Waals surface area (Å²) in [5, 5.41) is 3.17. The van der Waals surface area contributed by atoms with Crippen molar-refractivity contribution in [2.45, 2.75) is 50.9 Å². The molecule has 2 saturated heterocycles. The van der Waals surface area contributed by atoms with Crippen LogP contribution in [0.25, 0.3) is 0 Å². The number of amides is 2. The van der Waals surface area contributed by atoms with E-state index in [1.165, 1.54) is 0 Å². The lowest BCUT2D eigenvalue weighted by molar-refractivity contribution is -0.189. The lowest BCUT2D eigenvalue weighted by atomic mass is 9.90. The highest BCUT2D eigenvalue weighted by molar-refractivity contribution is 5.74. The first-order valence-electron chi connectivity index (χ1n) is 8.16. The largest absolute Gasteiger partial charge is 0.347 e. The maximum Gasteiger partial charge on any atom is 0.317 e. The molecule has 2 aliphatic heterocycles. The number of rotatable bonds is 2. The number of likely N-dealkylation sites (tertiary alicyclic amines) is 1. The first-order chi connectivity index (χ1) is 10.2. The van der Waals surface area contributed by atoms with Crippen molar-refractivity contribution in [1.29, 1.82) is 0 Å². The van der Waals surface area contributed by atoms with Crippen LogP contribution < -0.4 is 5.32 Å². The number of hydrogen-bond acceptors (Lipinski definition) is 3. The molecule has 1 N–H and O–H groups in total. The van der Waals surface area contributed by atoms with Gasteiger partial charge in [0.1, 0.15) is 0 Å². The molecule has 3 rings (SSSR count). The molecule has 0 aromatic heterocycles. The van der Waals surface area contributed by atoms with Gasteiger partial charge in [-0.1, -0.05) is 12.2 Å². The molecule has 21 heavy (non-hydrogen) atoms. The van der Waals surface area contributed by atoms with Crippen molar-refractivity contribution >= 4 is 6.03 Å². The lowest BCUT2D eigenvalue weighted by Crippen LogP contribution is -2.53. The van der Waals surface area contributed by atoms with Crippen LogP contribution in [-0.2, 0) is 9.47 Å². The Morgan fingerprint density at radius 1 is 1.29 bits per heavy atom. The van der Waals surface area contributed by atoms with E-state index in [1.807, 2.05) is 11.8 Å². The van der Waals surface area contributed by atoms with Gasteiger partial charge in [0.2, 0.25) is 0 Å². The zero-order chi connectivity index (χ0) is 14.7. The van der Waals surface area contributed by atoms with E-state index in [9.17, 15) is 4.79 Å². The second kappa shape index (κ2) is 6.36. The molecule has 0 aromatic rings. The monoisotopic (exact) mass is 294 g/mol. The third-order valence-electron chi connectivity index (χ3n) is 4.91. The van der Waals surface area contributed by atoms with E-state index in [4.69, 9.17) is 9.47 Å². The summed E-state index contributed by atoms with van der Waals surface area (Å²) >= 11 is 0. The van der Waals surface area contributed by atoms with Gasteiger partial charge >= 0.3 is 6.03 Å². The molecule has 1 aliphatic carbocycles. The van der Waals surface area contributed by atoms with E-state index < -0.39 is 5.79 Å². The number of carbonyl (C=O) groups is 1. The summed E-state index contributed by atoms with van der Waals surface area (Å²) in [5.74, 6) is -0.238. The first kappa shape index (κ1) is 14.9. The fourth-order valence-electron chi connectivity index (χ4n) is 3.55. The van der Waals surface area contributed by atoms with Crippen LogP contribution in [0.5, 0.6) is 0 Å². The standard InChI is InChI=1S/C16H26N2O3/c1-16(20-10-11-21-16)13-6-5-9-18(12-13)15(19)17-14-7-3-2-4-8-14/h2-3,13-14H,4-12H2,1H3,(H,17,19)/t13-,14+/m1/s1. The molecule has 2 atom stereocenters. The second-order valence-corrected chi connectivity index (χ2v) is 6.43. The molecule has 2 heterocycles. The lowest BCUT2D eigenvalue weighted by Gasteiger charge is -2.40. The van der Waals surface area contributed by atoms with E-state index in [-0.39, 0.29) is 18.0 Å². The fraction of sp³-hybridized carbons (Fsp3) is 0.812. The second-order valence-electron chi connectivity index (χ2n) is 6.43. The molecule has 5 heteroatoms. The number of nitrogens with one attached hydrogen (secondary N) is 1. The highest BCUT2D eigenvalue weighted by Crippen LogP contribution is 2.34. The minimum Gasteiger partial charge on any atom is -0.347 e. The van der Waals surface area contributed by atoms with Gasteiger partial charge in [0.15, 0.2) is 5.79 Å². The third-order valence-corrected chi connectivity index (χ3v) is 4.91. The number of nitrogens with zero attached hydrogens (tertiary/aromatic N) is 1. The number of urea groups is 1. The number of piperidine rings is 1. The maximum atomic E-state index is 12.4. The molecule has 118 valence electrons. The minimum atomic E-state index is -0.507. The molecule has 0 unspecified atom stereocenters. The normalized spacial score (nSPS) is 32.1. The van der Waals surface area contributed by atoms with Gasteiger partial charge in [-0.05, 0) is 39.0 Å². The molecular weight excluding hydrogens is 268 g/mol. The van der Waals surface area contributed by atoms with Gasteiger partial charge in [-0.15, -0.1) is 0 Å². The zero-order valence-corrected chi connectivity index (χ0v) is 12.8. The van der Waals surface area contributed by atoms with Gasteiger partial charge in [0.05, 0.1) is 13.2 Å². The molecule has 0 radical (unpaired) electrons. The molecule has 0 spiro atoms. The predicted molar refractivity (Wildman–Crippen MR) is 79.9 cm³/mol. The average molecular weight is 294 g/mol. The van der Waals surface area contributed by atoms with Gasteiger partial charge in [0.25, 0.3) is 0 Å². The van der Waals surface area contributed by atoms with Crippen molar-refractivity contribution < 1.29 is 14.3 Å². The Labute approximate surface area is 126 Å². The summed E-state index contributed by atoms with van der Waals surface area (Å²) in [4.78, 5) is 14.4. The van der Waals surface area contributed by atoms with Crippen molar-refractivity contribution in [2.24, 2.45) is 5.92 Å². The summed E-state index contributed by atoms with van der Waals surface area (Å²) in [7, 11) is 0. The summed E-state index contributed by atoms with van der Waals surface area (Å²) in [6, 6.07) is 0.360. The summed E-state index contributed by atoms with van der Waals surface area (Å²) < 4.78 is 11.5. The molecule has 5 nitrogen and oxygen atoms in total. The third kappa shape index (κ3) is 3.40. The van der Waals surface area contributed by atoms with E-state index in [2.05, 4.69) is 17.5 Å². The van der Waals surface area contributed by atoms with Crippen LogP contribution in [0.2, 0.25) is 0 Å². The molecule has 0 bridgehead atoms. The molecular formula is C16H26N2O3. The van der Waals surface area contributed by atoms with Crippen molar-refractivity contribution in [3.8, 4) is 0 Å². The number of hydrogen-bond donors (Lipinski definition) is 1. The summed E-state index contributed by atoms with van der Waals surface area (Å²) in [5.41, 5.74) is 0. The number of allylic oxidation sites excluding steroid dienone is 1. The molecule has 2 amide bonds. The van der Waals surface area contributed by atoms with Crippen LogP contribution in [0.15, 0.2) is 12.2 Å². The van der Waals surface area contributed by atoms with Gasteiger partial charge in [0, 0.05) is 25.0 Å². The van der Waals surface area contributed by atoms with Crippen LogP contribution in [0, 0.1) is 5.92 Å². The van der Waals surface area contributed by atoms with Crippen molar-refractivity contribution in [2.75, 3.05) is 26.3 Å². The highest BCUT2D eigenvalue weighted by Gasteiger charge is 2.42. The van der Waals surface area contributed by atoms with E-state index in [1.54, 1.807) is 0 Å². The van der Waals surface area contributed by atoms with E-state index in [0.717, 1.165) is 45.2 Å². The van der Waals surface area contributed by atoms with Gasteiger partial charge in [-0.25, -0.2) is 4.79 Å². The quantitative estimate of drug-likeness (QED) is 0.795. The molecule has 3 aliphatic rings. The van der Waals surface area contributed by atoms with E-state index >= 15 is 0 Å². The Hall–Kier alpha value is -1.07. The predicted octanol–water partition coefficient (Wildman–Crippen LogP) is 2.28. The highest BCUT2D eigenvalue weighted by atomic mass is 16.7. The zero-order valence-electron chi connectivity index (χ0n) is 12.8. The smallest absolute Gasteiger partial charge is 0.317 e. The van der Waals surface area contributed by atoms with Crippen LogP contribution >= 0.6 is 0 Å². The van der Waals surface area contributed by atoms with Crippen LogP contribution in [0.1, 0.15) is 39.0 Å². The minimum absolute atomic E-state index is 0.0709. The SMILES string of the molecule is CC1([C@@H]2CCCN(C(=O)N[C@H]3CC=CCC3)C2)OCCO1. The molecule has 0 aromatic carbocycles. The number of ether oxygens (including phenoxy) is 2. The Kier molecular flexibility index (Phi) is 4.50. The number of carbonyl (C=O) groups excluding carboxylic acids is 1. The topological polar surface area (TPSA) is 50.8 Å². The fourth-order valence-corrected chi connectivity index (χ4v) is 3.55. The Balaban J connectivity index is 1.55. The molecule has 2 fully saturated rings. The van der Waals surface area contributed by atoms with Crippen molar-refractivity contribution in [3.63, 3.8) is 0 Å². The van der Waals surface area contributed by atoms with Gasteiger partial charge < -0.3 is 19.7 Å².